The van der Waals surface area contributed by atoms with Crippen LogP contribution in [0.1, 0.15) is 50.1 Å². The summed E-state index contributed by atoms with van der Waals surface area (Å²) in [6, 6.07) is 6.74. The van der Waals surface area contributed by atoms with Crippen LogP contribution in [-0.4, -0.2) is 0 Å². The predicted octanol–water partition coefficient (Wildman–Crippen LogP) is 6.15. The minimum absolute atomic E-state index is 1.39. The standard InChI is InChI=1S/C11H16.C10H14/c1-7-6-8(2)10(4)11(5)9(7)3;1-7-5-9(3)10(4)6-8(7)2/h6H,1-5H3;5-6H,1-4H3. The highest BCUT2D eigenvalue weighted by Gasteiger charge is 2.02. The molecule has 0 saturated carbocycles. The van der Waals surface area contributed by atoms with E-state index in [1.165, 1.54) is 50.1 Å². The second-order valence-corrected chi connectivity index (χ2v) is 6.41. The summed E-state index contributed by atoms with van der Waals surface area (Å²) in [7, 11) is 0. The summed E-state index contributed by atoms with van der Waals surface area (Å²) in [6.45, 7) is 19.6. The van der Waals surface area contributed by atoms with Gasteiger partial charge in [0.25, 0.3) is 0 Å². The molecule has 0 bridgehead atoms. The highest BCUT2D eigenvalue weighted by molar-refractivity contribution is 5.42. The third-order valence-corrected chi connectivity index (χ3v) is 4.85. The number of hydrogen-bond donors (Lipinski definition) is 0. The van der Waals surface area contributed by atoms with Gasteiger partial charge < -0.3 is 0 Å². The van der Waals surface area contributed by atoms with Crippen molar-refractivity contribution < 1.29 is 0 Å². The van der Waals surface area contributed by atoms with Crippen molar-refractivity contribution in [3.63, 3.8) is 0 Å². The van der Waals surface area contributed by atoms with Crippen molar-refractivity contribution in [3.8, 4) is 0 Å². The summed E-state index contributed by atoms with van der Waals surface area (Å²) >= 11 is 0. The molecule has 21 heavy (non-hydrogen) atoms. The fourth-order valence-corrected chi connectivity index (χ4v) is 2.52. The van der Waals surface area contributed by atoms with Gasteiger partial charge in [-0.25, -0.2) is 0 Å². The first-order valence-electron chi connectivity index (χ1n) is 7.73. The van der Waals surface area contributed by atoms with Crippen LogP contribution in [0.5, 0.6) is 0 Å². The van der Waals surface area contributed by atoms with Crippen molar-refractivity contribution in [1.82, 2.24) is 0 Å². The molecule has 0 aliphatic heterocycles. The van der Waals surface area contributed by atoms with Crippen LogP contribution in [0.25, 0.3) is 0 Å². The van der Waals surface area contributed by atoms with Crippen LogP contribution in [0.15, 0.2) is 18.2 Å². The van der Waals surface area contributed by atoms with E-state index in [9.17, 15) is 0 Å². The summed E-state index contributed by atoms with van der Waals surface area (Å²) < 4.78 is 0. The highest BCUT2D eigenvalue weighted by Crippen LogP contribution is 2.19. The zero-order chi connectivity index (χ0) is 16.3. The van der Waals surface area contributed by atoms with Crippen LogP contribution in [0.2, 0.25) is 0 Å². The Labute approximate surface area is 131 Å². The molecule has 114 valence electrons. The minimum Gasteiger partial charge on any atom is -0.0559 e. The molecule has 0 aliphatic rings. The Hall–Kier alpha value is -1.56. The first-order valence-corrected chi connectivity index (χ1v) is 7.73. The van der Waals surface area contributed by atoms with Gasteiger partial charge in [-0.1, -0.05) is 18.2 Å². The zero-order valence-corrected chi connectivity index (χ0v) is 15.2. The Morgan fingerprint density at radius 2 is 0.571 bits per heavy atom. The average molecular weight is 282 g/mol. The fraction of sp³-hybridized carbons (Fsp3) is 0.429. The molecule has 0 unspecified atom stereocenters. The maximum Gasteiger partial charge on any atom is -0.0392 e. The van der Waals surface area contributed by atoms with Gasteiger partial charge in [0, 0.05) is 0 Å². The lowest BCUT2D eigenvalue weighted by atomic mass is 9.96. The molecular weight excluding hydrogens is 252 g/mol. The summed E-state index contributed by atoms with van der Waals surface area (Å²) in [5.41, 5.74) is 12.7. The van der Waals surface area contributed by atoms with E-state index in [2.05, 4.69) is 80.5 Å². The van der Waals surface area contributed by atoms with Crippen LogP contribution < -0.4 is 0 Å². The van der Waals surface area contributed by atoms with Crippen molar-refractivity contribution in [2.75, 3.05) is 0 Å². The van der Waals surface area contributed by atoms with Gasteiger partial charge in [0.15, 0.2) is 0 Å². The molecule has 0 nitrogen and oxygen atoms in total. The molecule has 0 saturated heterocycles. The van der Waals surface area contributed by atoms with Crippen LogP contribution in [-0.2, 0) is 0 Å². The number of hydrogen-bond acceptors (Lipinski definition) is 0. The van der Waals surface area contributed by atoms with Gasteiger partial charge in [-0.2, -0.15) is 0 Å². The molecule has 0 N–H and O–H groups in total. The molecule has 0 spiro atoms. The number of aryl methyl sites for hydroxylation is 6. The van der Waals surface area contributed by atoms with Crippen molar-refractivity contribution in [2.45, 2.75) is 62.3 Å². The predicted molar refractivity (Wildman–Crippen MR) is 95.5 cm³/mol. The molecule has 0 amide bonds. The van der Waals surface area contributed by atoms with Gasteiger partial charge in [0.1, 0.15) is 0 Å². The molecule has 0 heterocycles. The topological polar surface area (TPSA) is 0 Å². The third-order valence-electron chi connectivity index (χ3n) is 4.85. The molecule has 2 aromatic carbocycles. The molecule has 0 aliphatic carbocycles. The van der Waals surface area contributed by atoms with Crippen LogP contribution in [0.4, 0.5) is 0 Å². The lowest BCUT2D eigenvalue weighted by Gasteiger charge is -2.10. The zero-order valence-electron chi connectivity index (χ0n) is 15.2. The Balaban J connectivity index is 0.000000211. The van der Waals surface area contributed by atoms with Crippen molar-refractivity contribution in [2.24, 2.45) is 0 Å². The van der Waals surface area contributed by atoms with Crippen molar-refractivity contribution in [1.29, 1.82) is 0 Å². The van der Waals surface area contributed by atoms with Gasteiger partial charge in [0.05, 0.1) is 0 Å². The SMILES string of the molecule is Cc1cc(C)c(C)c(C)c1C.Cc1cc(C)c(C)cc1C. The summed E-state index contributed by atoms with van der Waals surface area (Å²) in [5.74, 6) is 0. The van der Waals surface area contributed by atoms with Gasteiger partial charge in [-0.15, -0.1) is 0 Å². The molecule has 0 atom stereocenters. The van der Waals surface area contributed by atoms with E-state index in [1.807, 2.05) is 0 Å². The lowest BCUT2D eigenvalue weighted by Crippen LogP contribution is -1.93. The fourth-order valence-electron chi connectivity index (χ4n) is 2.52. The van der Waals surface area contributed by atoms with Crippen LogP contribution in [0, 0.1) is 62.3 Å². The van der Waals surface area contributed by atoms with Gasteiger partial charge in [-0.05, 0) is 112 Å². The average Bonchev–Trinajstić information content (AvgIpc) is 2.42. The lowest BCUT2D eigenvalue weighted by molar-refractivity contribution is 1.18. The van der Waals surface area contributed by atoms with Crippen LogP contribution in [0.3, 0.4) is 0 Å². The van der Waals surface area contributed by atoms with E-state index in [4.69, 9.17) is 0 Å². The smallest absolute Gasteiger partial charge is 0.0392 e. The Bertz CT molecular complexity index is 569. The van der Waals surface area contributed by atoms with Crippen molar-refractivity contribution >= 4 is 0 Å². The second-order valence-electron chi connectivity index (χ2n) is 6.41. The molecule has 2 aromatic rings. The van der Waals surface area contributed by atoms with Gasteiger partial charge in [-0.3, -0.25) is 0 Å². The van der Waals surface area contributed by atoms with Gasteiger partial charge in [0.2, 0.25) is 0 Å². The molecule has 2 rings (SSSR count). The first kappa shape index (κ1) is 17.5. The Morgan fingerprint density at radius 1 is 0.333 bits per heavy atom. The highest BCUT2D eigenvalue weighted by atomic mass is 14.1. The Kier molecular flexibility index (Phi) is 5.78. The molecule has 0 radical (unpaired) electrons. The van der Waals surface area contributed by atoms with E-state index < -0.39 is 0 Å². The quantitative estimate of drug-likeness (QED) is 0.543. The summed E-state index contributed by atoms with van der Waals surface area (Å²) in [6.07, 6.45) is 0. The summed E-state index contributed by atoms with van der Waals surface area (Å²) in [5, 5.41) is 0. The maximum absolute atomic E-state index is 2.26. The second kappa shape index (κ2) is 6.93. The largest absolute Gasteiger partial charge is 0.0559 e. The van der Waals surface area contributed by atoms with E-state index >= 15 is 0 Å². The summed E-state index contributed by atoms with van der Waals surface area (Å²) in [4.78, 5) is 0. The molecule has 0 fully saturated rings. The monoisotopic (exact) mass is 282 g/mol. The van der Waals surface area contributed by atoms with Crippen molar-refractivity contribution in [3.05, 3.63) is 68.3 Å². The van der Waals surface area contributed by atoms with E-state index in [0.29, 0.717) is 0 Å². The first-order chi connectivity index (χ1) is 9.65. The van der Waals surface area contributed by atoms with Gasteiger partial charge >= 0.3 is 0 Å². The number of rotatable bonds is 0. The maximum atomic E-state index is 2.26. The molecular formula is C21H30. The van der Waals surface area contributed by atoms with E-state index in [0.717, 1.165) is 0 Å². The van der Waals surface area contributed by atoms with E-state index in [1.54, 1.807) is 0 Å². The number of benzene rings is 2. The molecule has 0 aromatic heterocycles. The Morgan fingerprint density at radius 3 is 0.857 bits per heavy atom. The van der Waals surface area contributed by atoms with E-state index in [-0.39, 0.29) is 0 Å². The normalized spacial score (nSPS) is 10.1. The van der Waals surface area contributed by atoms with Crippen LogP contribution >= 0.6 is 0 Å². The third kappa shape index (κ3) is 4.20. The molecule has 0 heteroatoms. The minimum atomic E-state index is 1.39.